The zero-order valence-corrected chi connectivity index (χ0v) is 14.3. The predicted molar refractivity (Wildman–Crippen MR) is 93.1 cm³/mol. The van der Waals surface area contributed by atoms with E-state index in [1.165, 1.54) is 6.07 Å². The molecular weight excluding hydrogens is 378 g/mol. The smallest absolute Gasteiger partial charge is 0.278 e. The number of nitrogens with zero attached hydrogens (tertiary/aromatic N) is 2. The van der Waals surface area contributed by atoms with Gasteiger partial charge in [-0.25, -0.2) is 5.43 Å². The maximum atomic E-state index is 11.8. The van der Waals surface area contributed by atoms with Gasteiger partial charge in [-0.15, -0.1) is 0 Å². The van der Waals surface area contributed by atoms with Crippen LogP contribution in [0.4, 0.5) is 5.69 Å². The second kappa shape index (κ2) is 8.21. The maximum absolute atomic E-state index is 11.8. The summed E-state index contributed by atoms with van der Waals surface area (Å²) in [5, 5.41) is 14.9. The number of benzene rings is 2. The van der Waals surface area contributed by atoms with E-state index in [2.05, 4.69) is 26.5 Å². The van der Waals surface area contributed by atoms with Crippen molar-refractivity contribution in [2.45, 2.75) is 6.92 Å². The summed E-state index contributed by atoms with van der Waals surface area (Å²) in [4.78, 5) is 22.2. The lowest BCUT2D eigenvalue weighted by Crippen LogP contribution is -2.25. The van der Waals surface area contributed by atoms with Crippen molar-refractivity contribution in [1.29, 1.82) is 0 Å². The van der Waals surface area contributed by atoms with Gasteiger partial charge in [0, 0.05) is 10.5 Å². The monoisotopic (exact) mass is 391 g/mol. The number of hydrogen-bond donors (Lipinski definition) is 1. The molecule has 1 N–H and O–H groups in total. The van der Waals surface area contributed by atoms with Crippen molar-refractivity contribution >= 4 is 33.2 Å². The Kier molecular flexibility index (Phi) is 6.02. The highest BCUT2D eigenvalue weighted by molar-refractivity contribution is 9.10. The summed E-state index contributed by atoms with van der Waals surface area (Å²) in [6, 6.07) is 13.2. The summed E-state index contributed by atoms with van der Waals surface area (Å²) in [6.45, 7) is 1.37. The third kappa shape index (κ3) is 4.88. The Balaban J connectivity index is 1.96. The third-order valence-electron chi connectivity index (χ3n) is 3.02. The average Bonchev–Trinajstić information content (AvgIpc) is 2.59. The van der Waals surface area contributed by atoms with Gasteiger partial charge in [-0.05, 0) is 37.3 Å². The van der Waals surface area contributed by atoms with Gasteiger partial charge in [0.15, 0.2) is 6.61 Å². The van der Waals surface area contributed by atoms with E-state index in [1.807, 2.05) is 0 Å². The number of para-hydroxylation sites is 1. The molecule has 0 aromatic heterocycles. The molecule has 0 bridgehead atoms. The number of hydrogen-bond acceptors (Lipinski definition) is 5. The minimum absolute atomic E-state index is 0.0703. The fourth-order valence-electron chi connectivity index (χ4n) is 1.86. The van der Waals surface area contributed by atoms with Crippen LogP contribution in [-0.4, -0.2) is 23.1 Å². The molecule has 0 heterocycles. The number of nitro benzene ring substituents is 1. The molecule has 0 aliphatic carbocycles. The number of nitrogens with one attached hydrogen (secondary N) is 1. The van der Waals surface area contributed by atoms with E-state index >= 15 is 0 Å². The fourth-order valence-corrected chi connectivity index (χ4v) is 2.12. The Morgan fingerprint density at radius 2 is 1.92 bits per heavy atom. The molecule has 124 valence electrons. The average molecular weight is 392 g/mol. The van der Waals surface area contributed by atoms with Gasteiger partial charge in [0.2, 0.25) is 0 Å². The van der Waals surface area contributed by atoms with E-state index in [9.17, 15) is 14.9 Å². The molecule has 0 unspecified atom stereocenters. The van der Waals surface area contributed by atoms with Crippen molar-refractivity contribution in [3.05, 3.63) is 68.7 Å². The number of rotatable bonds is 6. The molecule has 24 heavy (non-hydrogen) atoms. The van der Waals surface area contributed by atoms with Gasteiger partial charge in [-0.1, -0.05) is 28.1 Å². The van der Waals surface area contributed by atoms with Gasteiger partial charge < -0.3 is 4.74 Å². The van der Waals surface area contributed by atoms with Crippen LogP contribution in [0.5, 0.6) is 5.75 Å². The Bertz CT molecular complexity index is 775. The number of ether oxygens (including phenoxy) is 1. The lowest BCUT2D eigenvalue weighted by Gasteiger charge is -2.06. The first-order valence-electron chi connectivity index (χ1n) is 6.92. The van der Waals surface area contributed by atoms with E-state index in [0.29, 0.717) is 17.0 Å². The number of amides is 1. The Hall–Kier alpha value is -2.74. The minimum Gasteiger partial charge on any atom is -0.484 e. The molecule has 0 saturated carbocycles. The molecule has 0 spiro atoms. The highest BCUT2D eigenvalue weighted by Gasteiger charge is 2.14. The van der Waals surface area contributed by atoms with Crippen molar-refractivity contribution in [2.75, 3.05) is 6.61 Å². The minimum atomic E-state index is -0.493. The molecule has 2 aromatic carbocycles. The SMILES string of the molecule is C/C(=N/NC(=O)COc1ccc(Br)cc1)c1ccccc1[N+](=O)[O-]. The molecule has 1 amide bonds. The molecule has 0 saturated heterocycles. The highest BCUT2D eigenvalue weighted by Crippen LogP contribution is 2.18. The van der Waals surface area contributed by atoms with Crippen LogP contribution in [0.25, 0.3) is 0 Å². The molecule has 0 aliphatic heterocycles. The summed E-state index contributed by atoms with van der Waals surface area (Å²) in [7, 11) is 0. The van der Waals surface area contributed by atoms with E-state index in [1.54, 1.807) is 49.4 Å². The van der Waals surface area contributed by atoms with E-state index in [0.717, 1.165) is 4.47 Å². The zero-order valence-electron chi connectivity index (χ0n) is 12.7. The lowest BCUT2D eigenvalue weighted by molar-refractivity contribution is -0.385. The van der Waals surface area contributed by atoms with Gasteiger partial charge >= 0.3 is 0 Å². The number of nitro groups is 1. The molecule has 0 aliphatic rings. The molecular formula is C16H14BrN3O4. The normalized spacial score (nSPS) is 11.0. The standard InChI is InChI=1S/C16H14BrN3O4/c1-11(14-4-2-3-5-15(14)20(22)23)18-19-16(21)10-24-13-8-6-12(17)7-9-13/h2-9H,10H2,1H3,(H,19,21)/b18-11-. The number of hydrazone groups is 1. The van der Waals surface area contributed by atoms with Crippen molar-refractivity contribution < 1.29 is 14.5 Å². The van der Waals surface area contributed by atoms with Crippen molar-refractivity contribution in [2.24, 2.45) is 5.10 Å². The van der Waals surface area contributed by atoms with Gasteiger partial charge in [0.1, 0.15) is 5.75 Å². The largest absolute Gasteiger partial charge is 0.484 e. The predicted octanol–water partition coefficient (Wildman–Crippen LogP) is 3.28. The van der Waals surface area contributed by atoms with Crippen LogP contribution < -0.4 is 10.2 Å². The van der Waals surface area contributed by atoms with Crippen LogP contribution in [0.1, 0.15) is 12.5 Å². The molecule has 2 aromatic rings. The molecule has 0 atom stereocenters. The van der Waals surface area contributed by atoms with Crippen molar-refractivity contribution in [3.8, 4) is 5.75 Å². The Labute approximate surface area is 146 Å². The lowest BCUT2D eigenvalue weighted by atomic mass is 10.1. The first-order valence-corrected chi connectivity index (χ1v) is 7.72. The highest BCUT2D eigenvalue weighted by atomic mass is 79.9. The van der Waals surface area contributed by atoms with Gasteiger partial charge in [-0.2, -0.15) is 5.10 Å². The van der Waals surface area contributed by atoms with E-state index in [4.69, 9.17) is 4.74 Å². The summed E-state index contributed by atoms with van der Waals surface area (Å²) in [6.07, 6.45) is 0. The quantitative estimate of drug-likeness (QED) is 0.464. The molecule has 0 radical (unpaired) electrons. The van der Waals surface area contributed by atoms with Gasteiger partial charge in [0.05, 0.1) is 16.2 Å². The summed E-state index contributed by atoms with van der Waals surface area (Å²) in [5.41, 5.74) is 2.93. The second-order valence-electron chi connectivity index (χ2n) is 4.75. The first kappa shape index (κ1) is 17.6. The van der Waals surface area contributed by atoms with Gasteiger partial charge in [-0.3, -0.25) is 14.9 Å². The number of carbonyl (C=O) groups is 1. The maximum Gasteiger partial charge on any atom is 0.278 e. The van der Waals surface area contributed by atoms with Crippen LogP contribution in [0.15, 0.2) is 58.1 Å². The summed E-state index contributed by atoms with van der Waals surface area (Å²) < 4.78 is 6.22. The van der Waals surface area contributed by atoms with Crippen LogP contribution in [-0.2, 0) is 4.79 Å². The van der Waals surface area contributed by atoms with Gasteiger partial charge in [0.25, 0.3) is 11.6 Å². The second-order valence-corrected chi connectivity index (χ2v) is 5.66. The molecule has 0 fully saturated rings. The summed E-state index contributed by atoms with van der Waals surface area (Å²) in [5.74, 6) is 0.0867. The van der Waals surface area contributed by atoms with E-state index < -0.39 is 10.8 Å². The van der Waals surface area contributed by atoms with Crippen molar-refractivity contribution in [3.63, 3.8) is 0 Å². The molecule has 7 nitrogen and oxygen atoms in total. The topological polar surface area (TPSA) is 93.8 Å². The Morgan fingerprint density at radius 3 is 2.58 bits per heavy atom. The summed E-state index contributed by atoms with van der Waals surface area (Å²) >= 11 is 3.30. The Morgan fingerprint density at radius 1 is 1.25 bits per heavy atom. The van der Waals surface area contributed by atoms with Crippen molar-refractivity contribution in [1.82, 2.24) is 5.43 Å². The first-order chi connectivity index (χ1) is 11.5. The van der Waals surface area contributed by atoms with Crippen LogP contribution in [0.3, 0.4) is 0 Å². The fraction of sp³-hybridized carbons (Fsp3) is 0.125. The zero-order chi connectivity index (χ0) is 17.5. The number of carbonyl (C=O) groups excluding carboxylic acids is 1. The molecule has 8 heteroatoms. The number of halogens is 1. The van der Waals surface area contributed by atoms with Crippen LogP contribution >= 0.6 is 15.9 Å². The van der Waals surface area contributed by atoms with E-state index in [-0.39, 0.29) is 12.3 Å². The van der Waals surface area contributed by atoms with Crippen LogP contribution in [0.2, 0.25) is 0 Å². The third-order valence-corrected chi connectivity index (χ3v) is 3.55. The van der Waals surface area contributed by atoms with Crippen LogP contribution in [0, 0.1) is 10.1 Å². The molecule has 2 rings (SSSR count).